The van der Waals surface area contributed by atoms with Gasteiger partial charge in [0, 0.05) is 22.7 Å². The molecule has 0 saturated heterocycles. The number of rotatable bonds is 2. The normalized spacial score (nSPS) is 10.7. The number of halogens is 2. The van der Waals surface area contributed by atoms with E-state index in [1.807, 2.05) is 10.6 Å². The van der Waals surface area contributed by atoms with E-state index in [1.165, 1.54) is 18.2 Å². The third kappa shape index (κ3) is 2.04. The predicted molar refractivity (Wildman–Crippen MR) is 72.1 cm³/mol. The maximum Gasteiger partial charge on any atom is 0.145 e. The quantitative estimate of drug-likeness (QED) is 0.694. The maximum atomic E-state index is 14.0. The largest absolute Gasteiger partial charge is 0.343 e. The first-order valence-corrected chi connectivity index (χ1v) is 6.11. The Morgan fingerprint density at radius 1 is 1.10 bits per heavy atom. The highest BCUT2D eigenvalue weighted by atomic mass is 19.1. The van der Waals surface area contributed by atoms with Crippen molar-refractivity contribution in [1.29, 1.82) is 5.26 Å². The number of fused-ring (bicyclic) bond motifs is 1. The van der Waals surface area contributed by atoms with E-state index in [9.17, 15) is 8.78 Å². The number of hydrogen-bond acceptors (Lipinski definition) is 1. The molecular weight excluding hydrogens is 258 g/mol. The average Bonchev–Trinajstić information content (AvgIpc) is 2.83. The smallest absolute Gasteiger partial charge is 0.145 e. The van der Waals surface area contributed by atoms with Gasteiger partial charge in [-0.25, -0.2) is 8.78 Å². The molecule has 20 heavy (non-hydrogen) atoms. The zero-order valence-electron chi connectivity index (χ0n) is 10.5. The van der Waals surface area contributed by atoms with Crippen molar-refractivity contribution in [2.24, 2.45) is 0 Å². The second-order valence-electron chi connectivity index (χ2n) is 4.54. The van der Waals surface area contributed by atoms with Gasteiger partial charge in [0.05, 0.1) is 12.1 Å². The third-order valence-electron chi connectivity index (χ3n) is 3.27. The van der Waals surface area contributed by atoms with E-state index in [0.717, 1.165) is 10.9 Å². The topological polar surface area (TPSA) is 28.7 Å². The fourth-order valence-electron chi connectivity index (χ4n) is 2.28. The molecule has 0 saturated carbocycles. The highest BCUT2D eigenvalue weighted by Gasteiger charge is 2.09. The molecule has 0 radical (unpaired) electrons. The monoisotopic (exact) mass is 268 g/mol. The summed E-state index contributed by atoms with van der Waals surface area (Å²) in [6.45, 7) is 0.302. The molecule has 1 aromatic heterocycles. The summed E-state index contributed by atoms with van der Waals surface area (Å²) in [4.78, 5) is 0. The molecule has 1 heterocycles. The minimum atomic E-state index is -0.501. The molecule has 0 atom stereocenters. The molecule has 0 fully saturated rings. The molecule has 0 aliphatic carbocycles. The van der Waals surface area contributed by atoms with Gasteiger partial charge in [0.25, 0.3) is 0 Å². The van der Waals surface area contributed by atoms with Crippen LogP contribution >= 0.6 is 0 Å². The molecule has 0 unspecified atom stereocenters. The molecule has 3 rings (SSSR count). The van der Waals surface area contributed by atoms with Gasteiger partial charge in [0.1, 0.15) is 17.7 Å². The third-order valence-corrected chi connectivity index (χ3v) is 3.27. The Morgan fingerprint density at radius 2 is 1.95 bits per heavy atom. The van der Waals surface area contributed by atoms with E-state index in [4.69, 9.17) is 5.26 Å². The first-order chi connectivity index (χ1) is 9.69. The zero-order valence-corrected chi connectivity index (χ0v) is 10.5. The Labute approximate surface area is 114 Å². The summed E-state index contributed by atoms with van der Waals surface area (Å²) >= 11 is 0. The second-order valence-corrected chi connectivity index (χ2v) is 4.54. The van der Waals surface area contributed by atoms with Crippen LogP contribution in [0.5, 0.6) is 0 Å². The molecule has 3 aromatic rings. The van der Waals surface area contributed by atoms with Crippen molar-refractivity contribution in [3.63, 3.8) is 0 Å². The van der Waals surface area contributed by atoms with Crippen molar-refractivity contribution in [2.75, 3.05) is 0 Å². The summed E-state index contributed by atoms with van der Waals surface area (Å²) in [5.41, 5.74) is 1.30. The number of aromatic nitrogens is 1. The lowest BCUT2D eigenvalue weighted by Crippen LogP contribution is -2.02. The Morgan fingerprint density at radius 3 is 2.75 bits per heavy atom. The van der Waals surface area contributed by atoms with Gasteiger partial charge < -0.3 is 4.57 Å². The van der Waals surface area contributed by atoms with E-state index >= 15 is 0 Å². The van der Waals surface area contributed by atoms with Crippen LogP contribution in [-0.4, -0.2) is 4.57 Å². The van der Waals surface area contributed by atoms with Crippen LogP contribution in [0.25, 0.3) is 10.9 Å². The lowest BCUT2D eigenvalue weighted by Gasteiger charge is -2.07. The molecule has 0 N–H and O–H groups in total. The van der Waals surface area contributed by atoms with Crippen molar-refractivity contribution in [3.05, 3.63) is 71.4 Å². The maximum absolute atomic E-state index is 14.0. The molecule has 0 spiro atoms. The van der Waals surface area contributed by atoms with Crippen LogP contribution < -0.4 is 0 Å². The van der Waals surface area contributed by atoms with Crippen molar-refractivity contribution in [3.8, 4) is 6.07 Å². The summed E-state index contributed by atoms with van der Waals surface area (Å²) in [5, 5.41) is 9.60. The van der Waals surface area contributed by atoms with Gasteiger partial charge in [-0.3, -0.25) is 0 Å². The number of benzene rings is 2. The Balaban J connectivity index is 2.04. The van der Waals surface area contributed by atoms with Gasteiger partial charge in [-0.1, -0.05) is 12.1 Å². The van der Waals surface area contributed by atoms with Gasteiger partial charge in [0.2, 0.25) is 0 Å². The highest BCUT2D eigenvalue weighted by Crippen LogP contribution is 2.20. The first kappa shape index (κ1) is 12.4. The Bertz CT molecular complexity index is 828. The first-order valence-electron chi connectivity index (χ1n) is 6.11. The second kappa shape index (κ2) is 4.78. The predicted octanol–water partition coefficient (Wildman–Crippen LogP) is 3.84. The molecule has 98 valence electrons. The van der Waals surface area contributed by atoms with Crippen LogP contribution in [0.4, 0.5) is 8.78 Å². The molecule has 4 heteroatoms. The fourth-order valence-corrected chi connectivity index (χ4v) is 2.28. The standard InChI is InChI=1S/C16H10F2N2/c17-14-4-5-15-11(8-14)6-7-20(15)10-13-3-1-2-12(9-19)16(13)18/h1-8H,10H2. The average molecular weight is 268 g/mol. The number of hydrogen-bond donors (Lipinski definition) is 0. The summed E-state index contributed by atoms with van der Waals surface area (Å²) < 4.78 is 29.0. The minimum absolute atomic E-state index is 0.0324. The molecule has 0 amide bonds. The summed E-state index contributed by atoms with van der Waals surface area (Å²) in [6, 6.07) is 12.8. The summed E-state index contributed by atoms with van der Waals surface area (Å²) in [5.74, 6) is -0.799. The summed E-state index contributed by atoms with van der Waals surface area (Å²) in [6.07, 6.45) is 1.78. The van der Waals surface area contributed by atoms with Crippen molar-refractivity contribution >= 4 is 10.9 Å². The minimum Gasteiger partial charge on any atom is -0.343 e. The van der Waals surface area contributed by atoms with Crippen LogP contribution in [-0.2, 0) is 6.54 Å². The Hall–Kier alpha value is -2.67. The molecule has 0 aliphatic rings. The Kier molecular flexibility index (Phi) is 2.96. The van der Waals surface area contributed by atoms with Gasteiger partial charge >= 0.3 is 0 Å². The van der Waals surface area contributed by atoms with E-state index < -0.39 is 5.82 Å². The lowest BCUT2D eigenvalue weighted by atomic mass is 10.1. The number of nitriles is 1. The highest BCUT2D eigenvalue weighted by molar-refractivity contribution is 5.80. The summed E-state index contributed by atoms with van der Waals surface area (Å²) in [7, 11) is 0. The van der Waals surface area contributed by atoms with E-state index in [-0.39, 0.29) is 11.4 Å². The van der Waals surface area contributed by atoms with E-state index in [2.05, 4.69) is 0 Å². The van der Waals surface area contributed by atoms with Gasteiger partial charge in [-0.2, -0.15) is 5.26 Å². The van der Waals surface area contributed by atoms with Crippen LogP contribution in [0.1, 0.15) is 11.1 Å². The fraction of sp³-hybridized carbons (Fsp3) is 0.0625. The van der Waals surface area contributed by atoms with Crippen molar-refractivity contribution in [1.82, 2.24) is 4.57 Å². The lowest BCUT2D eigenvalue weighted by molar-refractivity contribution is 0.598. The molecule has 0 bridgehead atoms. The van der Waals surface area contributed by atoms with Crippen LogP contribution in [0, 0.1) is 23.0 Å². The van der Waals surface area contributed by atoms with Gasteiger partial charge in [-0.05, 0) is 30.3 Å². The SMILES string of the molecule is N#Cc1cccc(Cn2ccc3cc(F)ccc32)c1F. The molecule has 2 aromatic carbocycles. The molecule has 0 aliphatic heterocycles. The van der Waals surface area contributed by atoms with Crippen LogP contribution in [0.2, 0.25) is 0 Å². The zero-order chi connectivity index (χ0) is 14.1. The molecular formula is C16H10F2N2. The van der Waals surface area contributed by atoms with Gasteiger partial charge in [-0.15, -0.1) is 0 Å². The number of nitrogens with zero attached hydrogens (tertiary/aromatic N) is 2. The van der Waals surface area contributed by atoms with E-state index in [0.29, 0.717) is 12.1 Å². The van der Waals surface area contributed by atoms with E-state index in [1.54, 1.807) is 30.5 Å². The van der Waals surface area contributed by atoms with Crippen LogP contribution in [0.15, 0.2) is 48.7 Å². The van der Waals surface area contributed by atoms with Crippen molar-refractivity contribution < 1.29 is 8.78 Å². The van der Waals surface area contributed by atoms with Gasteiger partial charge in [0.15, 0.2) is 0 Å². The van der Waals surface area contributed by atoms with Crippen LogP contribution in [0.3, 0.4) is 0 Å². The van der Waals surface area contributed by atoms with Crippen molar-refractivity contribution in [2.45, 2.75) is 6.54 Å². The molecule has 2 nitrogen and oxygen atoms in total.